The number of halogens is 1. The normalized spacial score (nSPS) is 12.3. The van der Waals surface area contributed by atoms with Crippen molar-refractivity contribution in [1.29, 1.82) is 0 Å². The lowest BCUT2D eigenvalue weighted by molar-refractivity contribution is 0.597. The number of aromatic amines is 1. The number of H-pyrrole nitrogens is 1. The molecule has 0 aliphatic carbocycles. The van der Waals surface area contributed by atoms with Crippen molar-refractivity contribution in [3.05, 3.63) is 81.5 Å². The molecule has 1 heterocycles. The molecule has 0 spiro atoms. The zero-order chi connectivity index (χ0) is 21.2. The van der Waals surface area contributed by atoms with Crippen LogP contribution in [0.2, 0.25) is 0 Å². The first-order valence-corrected chi connectivity index (χ1v) is 10.4. The van der Waals surface area contributed by atoms with Gasteiger partial charge in [0.25, 0.3) is 5.56 Å². The highest BCUT2D eigenvalue weighted by atomic mass is 32.2. The van der Waals surface area contributed by atoms with Gasteiger partial charge < -0.3 is 0 Å². The molecule has 1 aromatic heterocycles. The third kappa shape index (κ3) is 4.69. The molecule has 2 aromatic carbocycles. The van der Waals surface area contributed by atoms with Gasteiger partial charge in [-0.05, 0) is 62.2 Å². The minimum atomic E-state index is -3.71. The van der Waals surface area contributed by atoms with E-state index in [0.29, 0.717) is 35.6 Å². The Morgan fingerprint density at radius 3 is 2.34 bits per heavy atom. The summed E-state index contributed by atoms with van der Waals surface area (Å²) in [4.78, 5) is 17.3. The number of nitrogens with zero attached hydrogens (tertiary/aromatic N) is 2. The predicted molar refractivity (Wildman–Crippen MR) is 110 cm³/mol. The monoisotopic (exact) mass is 416 g/mol. The molecule has 7 nitrogen and oxygen atoms in total. The van der Waals surface area contributed by atoms with Crippen LogP contribution in [0.25, 0.3) is 5.69 Å². The predicted octanol–water partition coefficient (Wildman–Crippen LogP) is 2.31. The van der Waals surface area contributed by atoms with Gasteiger partial charge in [0.15, 0.2) is 0 Å². The van der Waals surface area contributed by atoms with E-state index in [9.17, 15) is 17.6 Å². The summed E-state index contributed by atoms with van der Waals surface area (Å²) in [5.74, 6) is -0.375. The lowest BCUT2D eigenvalue weighted by Crippen LogP contribution is -2.20. The first-order valence-electron chi connectivity index (χ1n) is 8.87. The number of aromatic nitrogens is 2. The van der Waals surface area contributed by atoms with Crippen LogP contribution < -0.4 is 10.7 Å². The number of aryl methyl sites for hydroxylation is 1. The Kier molecular flexibility index (Phi) is 5.81. The van der Waals surface area contributed by atoms with Crippen LogP contribution in [0.3, 0.4) is 0 Å². The van der Waals surface area contributed by atoms with Gasteiger partial charge in [-0.25, -0.2) is 22.6 Å². The van der Waals surface area contributed by atoms with Gasteiger partial charge in [0.2, 0.25) is 10.0 Å². The number of sulfonamides is 1. The number of hydrogen-bond donors (Lipinski definition) is 2. The Hall–Kier alpha value is -3.04. The SMILES string of the molecule is CC(=NCCc1ccc(S(N)(=O)=O)cc1)c1c(C)[nH]n(-c2ccc(F)cc2)c1=O. The van der Waals surface area contributed by atoms with Gasteiger partial charge in [0, 0.05) is 18.0 Å². The van der Waals surface area contributed by atoms with E-state index < -0.39 is 10.0 Å². The zero-order valence-electron chi connectivity index (χ0n) is 16.0. The highest BCUT2D eigenvalue weighted by Gasteiger charge is 2.15. The molecule has 0 amide bonds. The van der Waals surface area contributed by atoms with Crippen LogP contribution in [-0.2, 0) is 16.4 Å². The lowest BCUT2D eigenvalue weighted by atomic mass is 10.1. The van der Waals surface area contributed by atoms with E-state index in [0.717, 1.165) is 5.56 Å². The first kappa shape index (κ1) is 20.7. The summed E-state index contributed by atoms with van der Waals surface area (Å²) in [6, 6.07) is 11.9. The number of benzene rings is 2. The third-order valence-electron chi connectivity index (χ3n) is 4.52. The summed E-state index contributed by atoms with van der Waals surface area (Å²) in [6.07, 6.45) is 0.581. The second-order valence-electron chi connectivity index (χ2n) is 6.63. The smallest absolute Gasteiger partial charge is 0.280 e. The minimum Gasteiger partial charge on any atom is -0.295 e. The molecule has 0 radical (unpaired) electrons. The Bertz CT molecular complexity index is 1210. The molecule has 0 aliphatic heterocycles. The molecule has 0 bridgehead atoms. The van der Waals surface area contributed by atoms with Crippen LogP contribution >= 0.6 is 0 Å². The summed E-state index contributed by atoms with van der Waals surface area (Å²) in [6.45, 7) is 3.97. The number of primary sulfonamides is 1. The van der Waals surface area contributed by atoms with Gasteiger partial charge in [0.1, 0.15) is 5.82 Å². The minimum absolute atomic E-state index is 0.0604. The molecule has 9 heteroatoms. The molecular formula is C20H21FN4O3S. The van der Waals surface area contributed by atoms with Gasteiger partial charge in [-0.3, -0.25) is 14.9 Å². The Morgan fingerprint density at radius 1 is 1.14 bits per heavy atom. The van der Waals surface area contributed by atoms with Crippen molar-refractivity contribution in [2.45, 2.75) is 25.2 Å². The fourth-order valence-electron chi connectivity index (χ4n) is 3.02. The lowest BCUT2D eigenvalue weighted by Gasteiger charge is -2.02. The van der Waals surface area contributed by atoms with Crippen LogP contribution in [0.5, 0.6) is 0 Å². The standard InChI is InChI=1S/C20H21FN4O3S/c1-13(23-12-11-15-3-9-18(10-4-15)29(22,27)28)19-14(2)24-25(20(19)26)17-7-5-16(21)6-8-17/h3-10,24H,11-12H2,1-2H3,(H2,22,27,28). The van der Waals surface area contributed by atoms with E-state index >= 15 is 0 Å². The number of nitrogens with one attached hydrogen (secondary N) is 1. The van der Waals surface area contributed by atoms with E-state index in [1.165, 1.54) is 41.1 Å². The van der Waals surface area contributed by atoms with E-state index in [2.05, 4.69) is 10.1 Å². The third-order valence-corrected chi connectivity index (χ3v) is 5.45. The molecule has 3 rings (SSSR count). The largest absolute Gasteiger partial charge is 0.295 e. The van der Waals surface area contributed by atoms with Crippen molar-refractivity contribution >= 4 is 15.7 Å². The van der Waals surface area contributed by atoms with E-state index in [-0.39, 0.29) is 16.3 Å². The van der Waals surface area contributed by atoms with Crippen LogP contribution in [0.4, 0.5) is 4.39 Å². The quantitative estimate of drug-likeness (QED) is 0.602. The highest BCUT2D eigenvalue weighted by molar-refractivity contribution is 7.89. The van der Waals surface area contributed by atoms with Crippen molar-refractivity contribution in [1.82, 2.24) is 9.78 Å². The summed E-state index contributed by atoms with van der Waals surface area (Å²) < 4.78 is 37.1. The fraction of sp³-hybridized carbons (Fsp3) is 0.200. The number of aliphatic imine (C=N–C) groups is 1. The number of nitrogens with two attached hydrogens (primary N) is 1. The molecule has 0 unspecified atom stereocenters. The molecular weight excluding hydrogens is 395 g/mol. The Balaban J connectivity index is 1.76. The maximum atomic E-state index is 13.1. The maximum absolute atomic E-state index is 13.1. The fourth-order valence-corrected chi connectivity index (χ4v) is 3.54. The highest BCUT2D eigenvalue weighted by Crippen LogP contribution is 2.11. The number of hydrogen-bond acceptors (Lipinski definition) is 4. The Labute approximate surface area is 167 Å². The number of rotatable bonds is 6. The van der Waals surface area contributed by atoms with Gasteiger partial charge in [-0.2, -0.15) is 0 Å². The van der Waals surface area contributed by atoms with Crippen LogP contribution in [-0.4, -0.2) is 30.5 Å². The molecule has 0 saturated carbocycles. The van der Waals surface area contributed by atoms with Crippen molar-refractivity contribution in [3.63, 3.8) is 0 Å². The van der Waals surface area contributed by atoms with Gasteiger partial charge in [-0.1, -0.05) is 12.1 Å². The van der Waals surface area contributed by atoms with Gasteiger partial charge in [0.05, 0.1) is 16.1 Å². The van der Waals surface area contributed by atoms with Gasteiger partial charge >= 0.3 is 0 Å². The molecule has 29 heavy (non-hydrogen) atoms. The molecule has 0 aliphatic rings. The van der Waals surface area contributed by atoms with Crippen LogP contribution in [0.15, 0.2) is 63.2 Å². The summed E-state index contributed by atoms with van der Waals surface area (Å²) in [5, 5.41) is 8.08. The maximum Gasteiger partial charge on any atom is 0.280 e. The second kappa shape index (κ2) is 8.14. The van der Waals surface area contributed by atoms with Crippen molar-refractivity contribution < 1.29 is 12.8 Å². The topological polar surface area (TPSA) is 110 Å². The van der Waals surface area contributed by atoms with Crippen LogP contribution in [0.1, 0.15) is 23.7 Å². The summed E-state index contributed by atoms with van der Waals surface area (Å²) in [7, 11) is -3.71. The molecule has 152 valence electrons. The molecule has 3 N–H and O–H groups in total. The van der Waals surface area contributed by atoms with Crippen molar-refractivity contribution in [2.24, 2.45) is 10.1 Å². The zero-order valence-corrected chi connectivity index (χ0v) is 16.8. The van der Waals surface area contributed by atoms with Crippen molar-refractivity contribution in [3.8, 4) is 5.69 Å². The average Bonchev–Trinajstić information content (AvgIpc) is 2.96. The summed E-state index contributed by atoms with van der Waals surface area (Å²) >= 11 is 0. The summed E-state index contributed by atoms with van der Waals surface area (Å²) in [5.41, 5.74) is 2.91. The molecule has 0 atom stereocenters. The van der Waals surface area contributed by atoms with Crippen LogP contribution in [0, 0.1) is 12.7 Å². The average molecular weight is 416 g/mol. The molecule has 0 saturated heterocycles. The van der Waals surface area contributed by atoms with Gasteiger partial charge in [-0.15, -0.1) is 0 Å². The van der Waals surface area contributed by atoms with E-state index in [4.69, 9.17) is 5.14 Å². The second-order valence-corrected chi connectivity index (χ2v) is 8.20. The molecule has 3 aromatic rings. The molecule has 0 fully saturated rings. The van der Waals surface area contributed by atoms with E-state index in [1.807, 2.05) is 0 Å². The van der Waals surface area contributed by atoms with E-state index in [1.54, 1.807) is 26.0 Å². The Morgan fingerprint density at radius 2 is 1.76 bits per heavy atom. The first-order chi connectivity index (χ1) is 13.7. The van der Waals surface area contributed by atoms with Crippen molar-refractivity contribution in [2.75, 3.05) is 6.54 Å².